The number of rotatable bonds is 4. The summed E-state index contributed by atoms with van der Waals surface area (Å²) in [7, 11) is 1.67. The van der Waals surface area contributed by atoms with Crippen molar-refractivity contribution in [3.63, 3.8) is 0 Å². The van der Waals surface area contributed by atoms with E-state index in [-0.39, 0.29) is 0 Å². The lowest BCUT2D eigenvalue weighted by atomic mass is 10.2. The van der Waals surface area contributed by atoms with Gasteiger partial charge in [-0.15, -0.1) is 0 Å². The Bertz CT molecular complexity index is 698. The number of hydrazine groups is 1. The zero-order valence-corrected chi connectivity index (χ0v) is 13.1. The molecule has 0 bridgehead atoms. The molecule has 0 atom stereocenters. The third kappa shape index (κ3) is 3.62. The fourth-order valence-electron chi connectivity index (χ4n) is 2.05. The number of aliphatic imine (C=N–C) groups is 1. The van der Waals surface area contributed by atoms with Gasteiger partial charge in [0.2, 0.25) is 0 Å². The van der Waals surface area contributed by atoms with Crippen molar-refractivity contribution >= 4 is 22.6 Å². The summed E-state index contributed by atoms with van der Waals surface area (Å²) in [6.07, 6.45) is 0. The highest BCUT2D eigenvalue weighted by Gasteiger charge is 2.10. The van der Waals surface area contributed by atoms with Gasteiger partial charge in [0.1, 0.15) is 5.75 Å². The molecule has 0 fully saturated rings. The summed E-state index contributed by atoms with van der Waals surface area (Å²) in [5.74, 6) is 0.841. The standard InChI is InChI=1S/C17H17N3OS/c1-21-15-9-5-8-14(10-15)16-12-22-17(20-19-16)18-11-13-6-3-2-4-7-13/h2-10,12,19H,11H2,1H3,(H,18,20). The summed E-state index contributed by atoms with van der Waals surface area (Å²) >= 11 is 1.57. The van der Waals surface area contributed by atoms with Gasteiger partial charge in [-0.05, 0) is 17.7 Å². The van der Waals surface area contributed by atoms with Gasteiger partial charge in [-0.25, -0.2) is 0 Å². The van der Waals surface area contributed by atoms with Crippen molar-refractivity contribution in [2.45, 2.75) is 6.54 Å². The van der Waals surface area contributed by atoms with E-state index in [1.54, 1.807) is 18.9 Å². The molecule has 22 heavy (non-hydrogen) atoms. The van der Waals surface area contributed by atoms with Crippen molar-refractivity contribution in [3.05, 3.63) is 71.1 Å². The largest absolute Gasteiger partial charge is 0.497 e. The van der Waals surface area contributed by atoms with Crippen LogP contribution in [-0.4, -0.2) is 12.3 Å². The molecule has 2 aromatic rings. The van der Waals surface area contributed by atoms with Gasteiger partial charge in [-0.3, -0.25) is 15.8 Å². The van der Waals surface area contributed by atoms with Crippen LogP contribution in [0.3, 0.4) is 0 Å². The summed E-state index contributed by atoms with van der Waals surface area (Å²) in [6.45, 7) is 0.667. The number of hydrogen-bond acceptors (Lipinski definition) is 4. The van der Waals surface area contributed by atoms with Crippen LogP contribution in [0.1, 0.15) is 11.1 Å². The highest BCUT2D eigenvalue weighted by Crippen LogP contribution is 2.23. The molecular formula is C17H17N3OS. The fourth-order valence-corrected chi connectivity index (χ4v) is 2.72. The van der Waals surface area contributed by atoms with Crippen LogP contribution in [0.15, 0.2) is 65.0 Å². The molecule has 3 rings (SSSR count). The van der Waals surface area contributed by atoms with Crippen molar-refractivity contribution in [1.82, 2.24) is 10.9 Å². The number of nitrogens with zero attached hydrogens (tertiary/aromatic N) is 1. The number of thioether (sulfide) groups is 1. The molecule has 112 valence electrons. The molecule has 0 unspecified atom stereocenters. The molecule has 1 aliphatic rings. The molecular weight excluding hydrogens is 294 g/mol. The molecule has 2 aromatic carbocycles. The Morgan fingerprint density at radius 2 is 1.91 bits per heavy atom. The van der Waals surface area contributed by atoms with Crippen LogP contribution in [0.5, 0.6) is 5.75 Å². The molecule has 1 heterocycles. The van der Waals surface area contributed by atoms with Crippen molar-refractivity contribution in [2.75, 3.05) is 7.11 Å². The summed E-state index contributed by atoms with van der Waals surface area (Å²) < 4.78 is 5.25. The maximum Gasteiger partial charge on any atom is 0.180 e. The van der Waals surface area contributed by atoms with E-state index in [9.17, 15) is 0 Å². The lowest BCUT2D eigenvalue weighted by Gasteiger charge is -2.19. The normalized spacial score (nSPS) is 15.7. The van der Waals surface area contributed by atoms with Crippen LogP contribution < -0.4 is 15.6 Å². The van der Waals surface area contributed by atoms with Crippen molar-refractivity contribution in [1.29, 1.82) is 0 Å². The van der Waals surface area contributed by atoms with Crippen molar-refractivity contribution < 1.29 is 4.74 Å². The van der Waals surface area contributed by atoms with Gasteiger partial charge < -0.3 is 4.74 Å². The topological polar surface area (TPSA) is 45.6 Å². The van der Waals surface area contributed by atoms with Crippen LogP contribution in [-0.2, 0) is 6.54 Å². The predicted octanol–water partition coefficient (Wildman–Crippen LogP) is 3.39. The number of hydrogen-bond donors (Lipinski definition) is 2. The second-order valence-corrected chi connectivity index (χ2v) is 5.60. The van der Waals surface area contributed by atoms with E-state index < -0.39 is 0 Å². The van der Waals surface area contributed by atoms with Gasteiger partial charge in [0.25, 0.3) is 0 Å². The van der Waals surface area contributed by atoms with Crippen molar-refractivity contribution in [3.8, 4) is 5.75 Å². The van der Waals surface area contributed by atoms with E-state index in [0.717, 1.165) is 22.2 Å². The van der Waals surface area contributed by atoms with E-state index in [2.05, 4.69) is 33.4 Å². The summed E-state index contributed by atoms with van der Waals surface area (Å²) in [5, 5.41) is 2.91. The summed E-state index contributed by atoms with van der Waals surface area (Å²) in [6, 6.07) is 18.1. The molecule has 4 nitrogen and oxygen atoms in total. The van der Waals surface area contributed by atoms with Crippen LogP contribution in [0, 0.1) is 0 Å². The molecule has 1 aliphatic heterocycles. The van der Waals surface area contributed by atoms with Crippen LogP contribution in [0.2, 0.25) is 0 Å². The molecule has 0 aromatic heterocycles. The SMILES string of the molecule is COc1cccc(C2=CSC(=NCc3ccccc3)NN2)c1. The first-order valence-corrected chi connectivity index (χ1v) is 7.85. The lowest BCUT2D eigenvalue weighted by molar-refractivity contribution is 0.414. The van der Waals surface area contributed by atoms with Gasteiger partial charge in [0.15, 0.2) is 5.17 Å². The quantitative estimate of drug-likeness (QED) is 0.908. The number of ether oxygens (including phenoxy) is 1. The Hall–Kier alpha value is -2.40. The minimum atomic E-state index is 0.667. The molecule has 0 saturated heterocycles. The predicted molar refractivity (Wildman–Crippen MR) is 92.4 cm³/mol. The van der Waals surface area contributed by atoms with Crippen LogP contribution in [0.4, 0.5) is 0 Å². The Morgan fingerprint density at radius 1 is 1.05 bits per heavy atom. The van der Waals surface area contributed by atoms with Gasteiger partial charge in [0.05, 0.1) is 19.4 Å². The zero-order chi connectivity index (χ0) is 15.2. The smallest absolute Gasteiger partial charge is 0.180 e. The molecule has 0 radical (unpaired) electrons. The number of methoxy groups -OCH3 is 1. The molecule has 5 heteroatoms. The van der Waals surface area contributed by atoms with Gasteiger partial charge in [0, 0.05) is 11.0 Å². The molecule has 0 saturated carbocycles. The zero-order valence-electron chi connectivity index (χ0n) is 12.2. The van der Waals surface area contributed by atoms with Gasteiger partial charge in [-0.1, -0.05) is 54.2 Å². The number of nitrogens with one attached hydrogen (secondary N) is 2. The van der Waals surface area contributed by atoms with E-state index in [0.29, 0.717) is 6.54 Å². The Balaban J connectivity index is 1.66. The molecule has 2 N–H and O–H groups in total. The maximum absolute atomic E-state index is 5.25. The Kier molecular flexibility index (Phi) is 4.65. The molecule has 0 spiro atoms. The third-order valence-electron chi connectivity index (χ3n) is 3.22. The van der Waals surface area contributed by atoms with Crippen LogP contribution in [0.25, 0.3) is 5.70 Å². The first kappa shape index (κ1) is 14.5. The first-order valence-electron chi connectivity index (χ1n) is 6.97. The third-order valence-corrected chi connectivity index (χ3v) is 4.03. The summed E-state index contributed by atoms with van der Waals surface area (Å²) in [5.41, 5.74) is 9.57. The van der Waals surface area contributed by atoms with E-state index in [4.69, 9.17) is 4.74 Å². The van der Waals surface area contributed by atoms with E-state index >= 15 is 0 Å². The highest BCUT2D eigenvalue weighted by molar-refractivity contribution is 8.16. The van der Waals surface area contributed by atoms with Crippen molar-refractivity contribution in [2.24, 2.45) is 4.99 Å². The average molecular weight is 311 g/mol. The lowest BCUT2D eigenvalue weighted by Crippen LogP contribution is -2.36. The first-order chi connectivity index (χ1) is 10.8. The van der Waals surface area contributed by atoms with E-state index in [1.807, 2.05) is 42.5 Å². The van der Waals surface area contributed by atoms with E-state index in [1.165, 1.54) is 5.56 Å². The Labute approximate surface area is 134 Å². The monoisotopic (exact) mass is 311 g/mol. The minimum absolute atomic E-state index is 0.667. The molecule has 0 aliphatic carbocycles. The average Bonchev–Trinajstić information content (AvgIpc) is 2.61. The van der Waals surface area contributed by atoms with Crippen LogP contribution >= 0.6 is 11.8 Å². The second kappa shape index (κ2) is 7.04. The van der Waals surface area contributed by atoms with Gasteiger partial charge >= 0.3 is 0 Å². The minimum Gasteiger partial charge on any atom is -0.497 e. The van der Waals surface area contributed by atoms with Gasteiger partial charge in [-0.2, -0.15) is 0 Å². The molecule has 0 amide bonds. The number of amidine groups is 1. The fraction of sp³-hybridized carbons (Fsp3) is 0.118. The highest BCUT2D eigenvalue weighted by atomic mass is 32.2. The number of benzene rings is 2. The second-order valence-electron chi connectivity index (χ2n) is 4.74. The summed E-state index contributed by atoms with van der Waals surface area (Å²) in [4.78, 5) is 4.55. The Morgan fingerprint density at radius 3 is 2.64 bits per heavy atom. The maximum atomic E-state index is 5.25.